The van der Waals surface area contributed by atoms with Gasteiger partial charge in [0.1, 0.15) is 31.2 Å². The Bertz CT molecular complexity index is 824. The second kappa shape index (κ2) is 5.24. The van der Waals surface area contributed by atoms with Crippen molar-refractivity contribution in [3.8, 4) is 6.01 Å². The molecule has 2 fully saturated rings. The molecule has 0 aromatic carbocycles. The maximum Gasteiger partial charge on any atom is 0.301 e. The summed E-state index contributed by atoms with van der Waals surface area (Å²) in [5, 5.41) is 12.1. The number of anilines is 1. The van der Waals surface area contributed by atoms with Crippen LogP contribution in [0, 0.1) is 0 Å². The highest BCUT2D eigenvalue weighted by Crippen LogP contribution is 2.46. The van der Waals surface area contributed by atoms with E-state index in [1.807, 2.05) is 13.8 Å². The summed E-state index contributed by atoms with van der Waals surface area (Å²) in [5.74, 6) is -0.127. The third-order valence-electron chi connectivity index (χ3n) is 4.61. The maximum atomic E-state index is 9.03. The zero-order valence-electron chi connectivity index (χ0n) is 13.9. The minimum Gasteiger partial charge on any atom is -0.462 e. The van der Waals surface area contributed by atoms with Gasteiger partial charge in [-0.25, -0.2) is 14.5 Å². The zero-order chi connectivity index (χ0) is 17.2. The molecule has 0 spiro atoms. The Morgan fingerprint density at radius 3 is 3.00 bits per heavy atom. The monoisotopic (exact) mass is 349 g/mol. The van der Waals surface area contributed by atoms with Crippen LogP contribution in [0.4, 0.5) is 5.82 Å². The summed E-state index contributed by atoms with van der Waals surface area (Å²) in [5.41, 5.74) is 1.15. The number of ether oxygens (including phenoxy) is 4. The Labute approximate surface area is 143 Å². The number of rotatable bonds is 3. The minimum absolute atomic E-state index is 0.00695. The van der Waals surface area contributed by atoms with Crippen LogP contribution in [0.2, 0.25) is 0 Å². The van der Waals surface area contributed by atoms with Gasteiger partial charge < -0.3 is 29.4 Å². The molecule has 0 unspecified atom stereocenters. The highest BCUT2D eigenvalue weighted by molar-refractivity contribution is 5.84. The molecule has 0 aliphatic carbocycles. The van der Waals surface area contributed by atoms with E-state index in [2.05, 4.69) is 20.3 Å². The van der Waals surface area contributed by atoms with E-state index in [1.54, 1.807) is 4.57 Å². The fourth-order valence-corrected chi connectivity index (χ4v) is 3.68. The lowest BCUT2D eigenvalue weighted by Crippen LogP contribution is -2.34. The number of aliphatic hydroxyl groups is 1. The van der Waals surface area contributed by atoms with Crippen LogP contribution >= 0.6 is 0 Å². The third-order valence-corrected chi connectivity index (χ3v) is 4.61. The van der Waals surface area contributed by atoms with Crippen molar-refractivity contribution >= 4 is 17.0 Å². The lowest BCUT2D eigenvalue weighted by atomic mass is 10.1. The molecule has 134 valence electrons. The highest BCUT2D eigenvalue weighted by atomic mass is 16.8. The van der Waals surface area contributed by atoms with Gasteiger partial charge in [-0.05, 0) is 13.8 Å². The number of nitrogens with one attached hydrogen (secondary N) is 1. The lowest BCUT2D eigenvalue weighted by Gasteiger charge is -2.22. The smallest absolute Gasteiger partial charge is 0.301 e. The molecule has 5 rings (SSSR count). The van der Waals surface area contributed by atoms with Gasteiger partial charge in [0.25, 0.3) is 0 Å². The number of aromatic nitrogens is 4. The van der Waals surface area contributed by atoms with Crippen LogP contribution in [-0.4, -0.2) is 68.5 Å². The molecule has 0 saturated carbocycles. The first-order valence-electron chi connectivity index (χ1n) is 8.29. The topological polar surface area (TPSA) is 113 Å². The quantitative estimate of drug-likeness (QED) is 0.793. The number of aliphatic hydroxyl groups excluding tert-OH is 1. The van der Waals surface area contributed by atoms with Gasteiger partial charge in [-0.15, -0.1) is 0 Å². The van der Waals surface area contributed by atoms with Crippen molar-refractivity contribution < 1.29 is 24.1 Å². The zero-order valence-corrected chi connectivity index (χ0v) is 13.9. The average molecular weight is 349 g/mol. The summed E-state index contributed by atoms with van der Waals surface area (Å²) in [4.78, 5) is 13.1. The van der Waals surface area contributed by atoms with E-state index < -0.39 is 12.0 Å². The molecule has 2 saturated heterocycles. The summed E-state index contributed by atoms with van der Waals surface area (Å²) in [7, 11) is 0. The molecule has 2 bridgehead atoms. The van der Waals surface area contributed by atoms with Crippen molar-refractivity contribution in [1.82, 2.24) is 19.5 Å². The number of imidazole rings is 1. The van der Waals surface area contributed by atoms with Crippen molar-refractivity contribution in [2.24, 2.45) is 0 Å². The molecule has 2 aromatic rings. The normalized spacial score (nSPS) is 32.1. The Morgan fingerprint density at radius 1 is 1.32 bits per heavy atom. The van der Waals surface area contributed by atoms with E-state index in [-0.39, 0.29) is 24.9 Å². The molecule has 10 nitrogen and oxygen atoms in total. The van der Waals surface area contributed by atoms with Gasteiger partial charge in [0.05, 0.1) is 6.61 Å². The van der Waals surface area contributed by atoms with Crippen molar-refractivity contribution in [2.75, 3.05) is 25.1 Å². The van der Waals surface area contributed by atoms with Crippen molar-refractivity contribution in [1.29, 1.82) is 0 Å². The first-order valence-corrected chi connectivity index (χ1v) is 8.29. The van der Waals surface area contributed by atoms with Gasteiger partial charge in [-0.2, -0.15) is 4.98 Å². The van der Waals surface area contributed by atoms with Crippen LogP contribution in [0.5, 0.6) is 6.01 Å². The lowest BCUT2D eigenvalue weighted by molar-refractivity contribution is -0.195. The molecule has 0 radical (unpaired) electrons. The second-order valence-corrected chi connectivity index (χ2v) is 6.75. The molecule has 25 heavy (non-hydrogen) atoms. The first-order chi connectivity index (χ1) is 12.1. The SMILES string of the molecule is CC1(C)O[C@@H]2[C@H](O1)[C@H]1COc3nc4c(NCCO)ncnc4n3[C@@H]2O1. The summed E-state index contributed by atoms with van der Waals surface area (Å²) < 4.78 is 25.8. The van der Waals surface area contributed by atoms with Gasteiger partial charge in [-0.3, -0.25) is 0 Å². The van der Waals surface area contributed by atoms with Crippen LogP contribution in [0.3, 0.4) is 0 Å². The molecule has 2 N–H and O–H groups in total. The third kappa shape index (κ3) is 2.21. The number of nitrogens with zero attached hydrogens (tertiary/aromatic N) is 4. The summed E-state index contributed by atoms with van der Waals surface area (Å²) in [6, 6.07) is 0.418. The van der Waals surface area contributed by atoms with Gasteiger partial charge in [0, 0.05) is 6.54 Å². The summed E-state index contributed by atoms with van der Waals surface area (Å²) in [6.45, 7) is 4.47. The minimum atomic E-state index is -0.667. The first kappa shape index (κ1) is 15.3. The van der Waals surface area contributed by atoms with Crippen molar-refractivity contribution in [3.05, 3.63) is 6.33 Å². The molecule has 0 amide bonds. The molecular formula is C15H19N5O5. The average Bonchev–Trinajstić information content (AvgIpc) is 3.14. The number of fused-ring (bicyclic) bond motifs is 9. The predicted octanol–water partition coefficient (Wildman–Crippen LogP) is 0.0404. The Balaban J connectivity index is 1.61. The number of hydrogen-bond acceptors (Lipinski definition) is 9. The Hall–Kier alpha value is -2.01. The van der Waals surface area contributed by atoms with Crippen molar-refractivity contribution in [2.45, 2.75) is 44.2 Å². The van der Waals surface area contributed by atoms with Crippen LogP contribution in [0.15, 0.2) is 6.33 Å². The van der Waals surface area contributed by atoms with Crippen LogP contribution in [0.1, 0.15) is 20.1 Å². The van der Waals surface area contributed by atoms with Crippen LogP contribution in [0.25, 0.3) is 11.2 Å². The molecule has 3 aliphatic heterocycles. The second-order valence-electron chi connectivity index (χ2n) is 6.75. The summed E-state index contributed by atoms with van der Waals surface area (Å²) >= 11 is 0. The Morgan fingerprint density at radius 2 is 2.16 bits per heavy atom. The van der Waals surface area contributed by atoms with Crippen LogP contribution in [-0.2, 0) is 14.2 Å². The van der Waals surface area contributed by atoms with E-state index in [9.17, 15) is 0 Å². The standard InChI is InChI=1S/C15H19N5O5/c1-15(2)24-9-7-5-22-14-19-8-11(16-3-4-21)17-6-18-12(8)20(14)13(23-7)10(9)25-15/h6-7,9-10,13,21H,3-5H2,1-2H3,(H,16,17,18)/t7-,9-,10-,13-/m1/s1. The molecular weight excluding hydrogens is 330 g/mol. The number of hydrogen-bond donors (Lipinski definition) is 2. The molecule has 5 heterocycles. The van der Waals surface area contributed by atoms with Gasteiger partial charge in [-0.1, -0.05) is 0 Å². The van der Waals surface area contributed by atoms with E-state index in [4.69, 9.17) is 24.1 Å². The van der Waals surface area contributed by atoms with E-state index in [1.165, 1.54) is 6.33 Å². The largest absolute Gasteiger partial charge is 0.462 e. The fraction of sp³-hybridized carbons (Fsp3) is 0.667. The molecule has 3 aliphatic rings. The predicted molar refractivity (Wildman–Crippen MR) is 84.1 cm³/mol. The van der Waals surface area contributed by atoms with Gasteiger partial charge in [0.2, 0.25) is 0 Å². The van der Waals surface area contributed by atoms with E-state index >= 15 is 0 Å². The van der Waals surface area contributed by atoms with E-state index in [0.29, 0.717) is 36.1 Å². The summed E-state index contributed by atoms with van der Waals surface area (Å²) in [6.07, 6.45) is 0.340. The highest BCUT2D eigenvalue weighted by Gasteiger charge is 2.58. The van der Waals surface area contributed by atoms with E-state index in [0.717, 1.165) is 0 Å². The molecule has 2 aromatic heterocycles. The van der Waals surface area contributed by atoms with Gasteiger partial charge in [0.15, 0.2) is 29.0 Å². The Kier molecular flexibility index (Phi) is 3.20. The van der Waals surface area contributed by atoms with Crippen molar-refractivity contribution in [3.63, 3.8) is 0 Å². The molecule has 4 atom stereocenters. The maximum absolute atomic E-state index is 9.03. The fourth-order valence-electron chi connectivity index (χ4n) is 3.68. The van der Waals surface area contributed by atoms with Crippen LogP contribution < -0.4 is 10.1 Å². The molecule has 10 heteroatoms. The van der Waals surface area contributed by atoms with Gasteiger partial charge >= 0.3 is 6.01 Å².